The average molecular weight is 466 g/mol. The fourth-order valence-corrected chi connectivity index (χ4v) is 4.28. The van der Waals surface area contributed by atoms with Crippen LogP contribution in [-0.4, -0.2) is 50.3 Å². The Kier molecular flexibility index (Phi) is 6.85. The van der Waals surface area contributed by atoms with Crippen LogP contribution >= 0.6 is 11.8 Å². The summed E-state index contributed by atoms with van der Waals surface area (Å²) in [5.41, 5.74) is 1.63. The molecule has 4 aromatic rings. The molecule has 33 heavy (non-hydrogen) atoms. The molecule has 10 heteroatoms. The van der Waals surface area contributed by atoms with E-state index in [-0.39, 0.29) is 23.0 Å². The zero-order valence-electron chi connectivity index (χ0n) is 18.3. The number of aromatic nitrogens is 4. The number of carbonyl (C=O) groups is 2. The van der Waals surface area contributed by atoms with Gasteiger partial charge < -0.3 is 10.1 Å². The fraction of sp³-hybridized carbons (Fsp3) is 0.261. The van der Waals surface area contributed by atoms with Gasteiger partial charge >= 0.3 is 0 Å². The van der Waals surface area contributed by atoms with Crippen LogP contribution < -0.4 is 10.9 Å². The number of ether oxygens (including phenoxy) is 1. The Morgan fingerprint density at radius 3 is 2.73 bits per heavy atom. The van der Waals surface area contributed by atoms with Crippen molar-refractivity contribution in [3.05, 3.63) is 64.4 Å². The van der Waals surface area contributed by atoms with Crippen molar-refractivity contribution in [2.24, 2.45) is 0 Å². The maximum Gasteiger partial charge on any atom is 0.262 e. The maximum absolute atomic E-state index is 13.0. The summed E-state index contributed by atoms with van der Waals surface area (Å²) >= 11 is 1.22. The highest BCUT2D eigenvalue weighted by atomic mass is 32.2. The summed E-state index contributed by atoms with van der Waals surface area (Å²) in [5.74, 6) is 0.197. The molecule has 0 fully saturated rings. The molecule has 2 aromatic carbocycles. The molecule has 0 aliphatic rings. The maximum atomic E-state index is 13.0. The number of fused-ring (bicyclic) bond motifs is 3. The summed E-state index contributed by atoms with van der Waals surface area (Å²) in [6, 6.07) is 14.1. The Balaban J connectivity index is 1.61. The van der Waals surface area contributed by atoms with E-state index >= 15 is 0 Å². The smallest absolute Gasteiger partial charge is 0.262 e. The van der Waals surface area contributed by atoms with Crippen LogP contribution in [0.5, 0.6) is 0 Å². The van der Waals surface area contributed by atoms with Crippen molar-refractivity contribution >= 4 is 45.8 Å². The van der Waals surface area contributed by atoms with Gasteiger partial charge in [0, 0.05) is 31.5 Å². The first-order valence-electron chi connectivity index (χ1n) is 10.4. The highest BCUT2D eigenvalue weighted by Crippen LogP contribution is 2.22. The second-order valence-corrected chi connectivity index (χ2v) is 8.35. The molecule has 0 unspecified atom stereocenters. The Morgan fingerprint density at radius 2 is 1.94 bits per heavy atom. The zero-order valence-corrected chi connectivity index (χ0v) is 19.1. The lowest BCUT2D eigenvalue weighted by molar-refractivity contribution is -0.113. The van der Waals surface area contributed by atoms with Gasteiger partial charge in [-0.3, -0.25) is 23.4 Å². The van der Waals surface area contributed by atoms with Crippen molar-refractivity contribution in [2.75, 3.05) is 24.8 Å². The predicted molar refractivity (Wildman–Crippen MR) is 127 cm³/mol. The molecule has 1 amide bonds. The van der Waals surface area contributed by atoms with Crippen molar-refractivity contribution in [1.29, 1.82) is 0 Å². The summed E-state index contributed by atoms with van der Waals surface area (Å²) in [7, 11) is 1.62. The lowest BCUT2D eigenvalue weighted by Gasteiger charge is -2.11. The Morgan fingerprint density at radius 1 is 1.12 bits per heavy atom. The van der Waals surface area contributed by atoms with Gasteiger partial charge in [0.05, 0.1) is 16.7 Å². The van der Waals surface area contributed by atoms with Crippen LogP contribution in [0.4, 0.5) is 5.69 Å². The molecule has 0 spiro atoms. The number of amides is 1. The number of anilines is 1. The van der Waals surface area contributed by atoms with Gasteiger partial charge in [-0.1, -0.05) is 36.0 Å². The molecule has 2 heterocycles. The monoisotopic (exact) mass is 465 g/mol. The van der Waals surface area contributed by atoms with Gasteiger partial charge in [0.15, 0.2) is 10.9 Å². The van der Waals surface area contributed by atoms with E-state index in [9.17, 15) is 14.4 Å². The lowest BCUT2D eigenvalue weighted by Crippen LogP contribution is -2.24. The molecule has 0 atom stereocenters. The van der Waals surface area contributed by atoms with Crippen LogP contribution in [0.2, 0.25) is 0 Å². The van der Waals surface area contributed by atoms with Crippen molar-refractivity contribution in [2.45, 2.75) is 25.0 Å². The number of nitrogens with one attached hydrogen (secondary N) is 1. The molecule has 0 radical (unpaired) electrons. The van der Waals surface area contributed by atoms with Crippen molar-refractivity contribution in [1.82, 2.24) is 19.2 Å². The number of aryl methyl sites for hydroxylation is 1. The number of Topliss-reactive ketones (excluding diaryl/α,β-unsaturated/α-hetero) is 1. The van der Waals surface area contributed by atoms with Gasteiger partial charge in [-0.25, -0.2) is 0 Å². The molecule has 0 aliphatic carbocycles. The average Bonchev–Trinajstić information content (AvgIpc) is 3.24. The van der Waals surface area contributed by atoms with Gasteiger partial charge in [0.2, 0.25) is 11.7 Å². The van der Waals surface area contributed by atoms with Crippen LogP contribution in [0.3, 0.4) is 0 Å². The molecular weight excluding hydrogens is 442 g/mol. The first-order chi connectivity index (χ1) is 16.0. The van der Waals surface area contributed by atoms with Gasteiger partial charge in [-0.05, 0) is 37.6 Å². The van der Waals surface area contributed by atoms with E-state index in [0.717, 1.165) is 0 Å². The largest absolute Gasteiger partial charge is 0.385 e. The minimum Gasteiger partial charge on any atom is -0.385 e. The standard InChI is InChI=1S/C23H23N5O4S/c1-15(29)16-7-5-8-17(13-16)24-20(30)14-33-23-26-25-22-27(11-6-12-32-2)21(31)18-9-3-4-10-19(18)28(22)23/h3-5,7-10,13H,6,11-12,14H2,1-2H3,(H,24,30). The van der Waals surface area contributed by atoms with Crippen LogP contribution in [0, 0.1) is 0 Å². The summed E-state index contributed by atoms with van der Waals surface area (Å²) < 4.78 is 8.51. The topological polar surface area (TPSA) is 108 Å². The summed E-state index contributed by atoms with van der Waals surface area (Å²) in [4.78, 5) is 37.1. The van der Waals surface area contributed by atoms with Crippen LogP contribution in [0.25, 0.3) is 16.7 Å². The molecule has 1 N–H and O–H groups in total. The SMILES string of the molecule is COCCCn1c(=O)c2ccccc2n2c(SCC(=O)Nc3cccc(C(C)=O)c3)nnc12. The summed E-state index contributed by atoms with van der Waals surface area (Å²) in [5, 5.41) is 12.4. The summed E-state index contributed by atoms with van der Waals surface area (Å²) in [6.45, 7) is 2.44. The predicted octanol–water partition coefficient (Wildman–Crippen LogP) is 3.01. The lowest BCUT2D eigenvalue weighted by atomic mass is 10.1. The fourth-order valence-electron chi connectivity index (χ4n) is 3.54. The van der Waals surface area contributed by atoms with Crippen LogP contribution in [0.1, 0.15) is 23.7 Å². The van der Waals surface area contributed by atoms with Gasteiger partial charge in [0.1, 0.15) is 0 Å². The van der Waals surface area contributed by atoms with Crippen molar-refractivity contribution in [3.8, 4) is 0 Å². The number of hydrogen-bond donors (Lipinski definition) is 1. The first kappa shape index (κ1) is 22.7. The van der Waals surface area contributed by atoms with Crippen molar-refractivity contribution in [3.63, 3.8) is 0 Å². The minimum absolute atomic E-state index is 0.0705. The Bertz CT molecular complexity index is 1390. The molecule has 4 rings (SSSR count). The number of benzene rings is 2. The number of rotatable bonds is 9. The molecule has 9 nitrogen and oxygen atoms in total. The summed E-state index contributed by atoms with van der Waals surface area (Å²) in [6.07, 6.45) is 0.654. The highest BCUT2D eigenvalue weighted by Gasteiger charge is 2.17. The molecular formula is C23H23N5O4S. The third-order valence-electron chi connectivity index (χ3n) is 5.09. The van der Waals surface area contributed by atoms with E-state index in [2.05, 4.69) is 15.5 Å². The van der Waals surface area contributed by atoms with Crippen molar-refractivity contribution < 1.29 is 14.3 Å². The quantitative estimate of drug-likeness (QED) is 0.230. The number of thioether (sulfide) groups is 1. The number of nitrogens with zero attached hydrogens (tertiary/aromatic N) is 4. The number of para-hydroxylation sites is 1. The number of carbonyl (C=O) groups excluding carboxylic acids is 2. The van der Waals surface area contributed by atoms with Crippen LogP contribution in [-0.2, 0) is 16.1 Å². The Labute approximate surface area is 193 Å². The van der Waals surface area contributed by atoms with E-state index in [1.807, 2.05) is 18.2 Å². The number of ketones is 1. The van der Waals surface area contributed by atoms with Gasteiger partial charge in [0.25, 0.3) is 5.56 Å². The molecule has 0 saturated heterocycles. The third-order valence-corrected chi connectivity index (χ3v) is 6.02. The van der Waals surface area contributed by atoms with E-state index < -0.39 is 0 Å². The van der Waals surface area contributed by atoms with E-state index in [0.29, 0.717) is 52.7 Å². The second-order valence-electron chi connectivity index (χ2n) is 7.41. The van der Waals surface area contributed by atoms with Gasteiger partial charge in [-0.15, -0.1) is 10.2 Å². The molecule has 2 aromatic heterocycles. The zero-order chi connectivity index (χ0) is 23.4. The number of hydrogen-bond acceptors (Lipinski definition) is 7. The molecule has 170 valence electrons. The highest BCUT2D eigenvalue weighted by molar-refractivity contribution is 7.99. The van der Waals surface area contributed by atoms with E-state index in [4.69, 9.17) is 4.74 Å². The molecule has 0 saturated carbocycles. The van der Waals surface area contributed by atoms with Crippen LogP contribution in [0.15, 0.2) is 58.5 Å². The molecule has 0 aliphatic heterocycles. The third kappa shape index (κ3) is 4.81. The second kappa shape index (κ2) is 9.97. The van der Waals surface area contributed by atoms with Gasteiger partial charge in [-0.2, -0.15) is 0 Å². The normalized spacial score (nSPS) is 11.2. The minimum atomic E-state index is -0.241. The molecule has 0 bridgehead atoms. The van der Waals surface area contributed by atoms with E-state index in [1.54, 1.807) is 46.4 Å². The number of methoxy groups -OCH3 is 1. The van der Waals surface area contributed by atoms with E-state index in [1.165, 1.54) is 18.7 Å². The first-order valence-corrected chi connectivity index (χ1v) is 11.4. The Hall–Kier alpha value is -3.50.